The lowest BCUT2D eigenvalue weighted by molar-refractivity contribution is -0.275. The summed E-state index contributed by atoms with van der Waals surface area (Å²) in [5.41, 5.74) is -1.78. The number of aliphatic hydroxyl groups excluding tert-OH is 4. The summed E-state index contributed by atoms with van der Waals surface area (Å²) in [6.45, 7) is 6.07. The van der Waals surface area contributed by atoms with Gasteiger partial charge in [-0.05, 0) is 196 Å². The Hall–Kier alpha value is -11.8. The maximum atomic E-state index is 16.6. The van der Waals surface area contributed by atoms with E-state index in [1.165, 1.54) is 62.5 Å². The number of alkyl carbamates (subject to hydrolysis) is 1. The zero-order chi connectivity index (χ0) is 86.8. The highest BCUT2D eigenvalue weighted by Gasteiger charge is 2.53. The van der Waals surface area contributed by atoms with Crippen molar-refractivity contribution in [2.75, 3.05) is 59.3 Å². The van der Waals surface area contributed by atoms with Crippen molar-refractivity contribution in [2.24, 2.45) is 29.6 Å². The predicted octanol–water partition coefficient (Wildman–Crippen LogP) is 3.19. The van der Waals surface area contributed by atoms with Crippen LogP contribution < -0.4 is 92.8 Å². The van der Waals surface area contributed by atoms with Crippen LogP contribution in [-0.2, 0) is 47.8 Å². The number of urea groups is 1. The maximum Gasteiger partial charge on any atom is 0.407 e. The number of carbonyl (C=O) groups excluding carboxylic acids is 10. The fraction of sp³-hybridized carbons (Fsp3) is 0.452. The summed E-state index contributed by atoms with van der Waals surface area (Å²) in [6.07, 6.45) is -10.4. The highest BCUT2D eigenvalue weighted by atomic mass is 35.5. The second-order valence-electron chi connectivity index (χ2n) is 32.3. The lowest BCUT2D eigenvalue weighted by Crippen LogP contribution is -2.65. The monoisotopic (exact) mass is 1710 g/mol. The first-order chi connectivity index (χ1) is 58.4. The summed E-state index contributed by atoms with van der Waals surface area (Å²) in [4.78, 5) is 151. The molecule has 122 heavy (non-hydrogen) atoms. The number of ether oxygens (including phenoxy) is 7. The first-order valence-electron chi connectivity index (χ1n) is 40.3. The van der Waals surface area contributed by atoms with Gasteiger partial charge in [-0.3, -0.25) is 43.7 Å². The summed E-state index contributed by atoms with van der Waals surface area (Å²) in [5, 5.41) is 119. The third kappa shape index (κ3) is 18.8. The molecule has 7 aliphatic heterocycles. The van der Waals surface area contributed by atoms with Crippen LogP contribution in [0.3, 0.4) is 0 Å². The molecule has 0 radical (unpaired) electrons. The van der Waals surface area contributed by atoms with Crippen LogP contribution in [0, 0.1) is 36.5 Å². The number of aryl methyl sites for hydroxylation is 1. The van der Waals surface area contributed by atoms with Gasteiger partial charge in [0, 0.05) is 42.4 Å². The number of amides is 11. The molecular weight excluding hydrogens is 1610 g/mol. The number of aliphatic hydroxyl groups is 4. The van der Waals surface area contributed by atoms with E-state index in [9.17, 15) is 54.9 Å². The van der Waals surface area contributed by atoms with Gasteiger partial charge in [0.15, 0.2) is 17.6 Å². The molecule has 38 heteroatoms. The molecule has 11 aliphatic rings. The molecule has 4 saturated carbocycles. The third-order valence-electron chi connectivity index (χ3n) is 23.3. The number of phenolic OH excluding ortho intramolecular Hbond substituents is 3. The SMILES string of the molecule is CNCCOc1ccc(NC(=O)NC(=O)C[C@@H]2NC(=O)[C@H](NC(=O)[C@@H](CC(C)C)NC)[C@H](O)c3ccc(c(C)c3)Oc3cc4cc(c3O[C@@H]3O[C@@H]5CNC(=O)O[C@H]5[C@H](O)[C@H]3O)Oc3ccc(cc3Cl)[C@@H](O)[C@@H]3NC(=O)[C@H](NC(=O)[C@@H]4NC2=O)c2ccc(O)c(c2)-c2c(O)cc(O)cc2[C@@H](C(=O)NC2C4CC5CC(C4)CC2C5)NC3=O)c(OCCNC)c1. The molecule has 20 N–H and O–H groups in total. The van der Waals surface area contributed by atoms with Crippen LogP contribution in [0.4, 0.5) is 15.3 Å². The van der Waals surface area contributed by atoms with Crippen molar-refractivity contribution in [3.05, 3.63) is 135 Å². The van der Waals surface area contributed by atoms with Gasteiger partial charge in [-0.1, -0.05) is 43.6 Å². The van der Waals surface area contributed by atoms with Crippen LogP contribution in [0.15, 0.2) is 97.1 Å². The van der Waals surface area contributed by atoms with Crippen LogP contribution in [0.1, 0.15) is 123 Å². The second-order valence-corrected chi connectivity index (χ2v) is 32.7. The van der Waals surface area contributed by atoms with Crippen LogP contribution in [0.5, 0.6) is 57.5 Å². The van der Waals surface area contributed by atoms with E-state index in [0.29, 0.717) is 30.7 Å². The standard InChI is InChI=1S/C84H98ClN13O24/c1-35(2)19-51(88-6)75(107)97-67-69(103)40-8-13-55(36(3)20-40)118-58-28-44-29-59(73(58)121-82-72(106)71(105)74-60(120-82)34-89-84(115)122-74)119-56-14-9-41(27-49(56)85)70(104)68-81(113)96-66(79(111)93-63-42-22-37-21-38(24-42)25-43(63)23-37)48-30-45(99)31-54(101)62(48)47-26-39(7-12-53(47)100)64(77(109)98-68)95-78(110)65(44)94-76(108)52(90-80(67)112)33-61(102)92-83(114)91-50-11-10-46(116-17-15-86-4)32-57(50)117-18-16-87-5/h7-14,20,26-32,35,37-38,42-43,51-52,60,63-72,74,82,86-88,99-101,103-106H,15-19,21-25,33-34H2,1-6H3,(H,89,115)(H,90,112)(H,93,111)(H,94,108)(H,95,110)(H,96,113)(H,97,107)(H,98,109)(H2,91,92,102,114)/t37?,38?,42?,43?,51-,52+,60-,63?,64-,65-,66+,67-,68+,69-,70-,71-,72-,74-,82+/m1/s1. The molecule has 15 bridgehead atoms. The van der Waals surface area contributed by atoms with E-state index in [2.05, 4.69) is 69.1 Å². The minimum absolute atomic E-state index is 0.0318. The van der Waals surface area contributed by atoms with E-state index < -0.39 is 191 Å². The Bertz CT molecular complexity index is 5030. The molecule has 37 nitrogen and oxygen atoms in total. The molecule has 6 aromatic rings. The maximum absolute atomic E-state index is 16.6. The Morgan fingerprint density at radius 1 is 0.631 bits per heavy atom. The Labute approximate surface area is 704 Å². The summed E-state index contributed by atoms with van der Waals surface area (Å²) >= 11 is 7.23. The Balaban J connectivity index is 0.934. The van der Waals surface area contributed by atoms with Gasteiger partial charge in [-0.2, -0.15) is 0 Å². The van der Waals surface area contributed by atoms with Crippen molar-refractivity contribution in [1.29, 1.82) is 0 Å². The van der Waals surface area contributed by atoms with Crippen molar-refractivity contribution >= 4 is 76.7 Å². The number of hydrogen-bond donors (Lipinski definition) is 20. The molecule has 4 aliphatic carbocycles. The van der Waals surface area contributed by atoms with Crippen molar-refractivity contribution in [3.8, 4) is 68.6 Å². The number of imide groups is 1. The molecule has 6 aromatic carbocycles. The number of halogens is 1. The van der Waals surface area contributed by atoms with Gasteiger partial charge < -0.3 is 133 Å². The largest absolute Gasteiger partial charge is 0.508 e. The fourth-order valence-electron chi connectivity index (χ4n) is 17.5. The number of benzene rings is 6. The van der Waals surface area contributed by atoms with Gasteiger partial charge in [0.25, 0.3) is 0 Å². The molecule has 17 rings (SSSR count). The number of phenols is 3. The lowest BCUT2D eigenvalue weighted by Gasteiger charge is -2.54. The number of likely N-dealkylation sites (N-methyl/N-ethyl adjacent to an activating group) is 3. The van der Waals surface area contributed by atoms with E-state index in [4.69, 9.17) is 44.8 Å². The number of carbonyl (C=O) groups is 10. The van der Waals surface area contributed by atoms with Gasteiger partial charge in [0.1, 0.15) is 120 Å². The molecule has 11 amide bonds. The molecule has 650 valence electrons. The number of fused-ring (bicyclic) bond motifs is 16. The van der Waals surface area contributed by atoms with Crippen molar-refractivity contribution in [3.63, 3.8) is 0 Å². The van der Waals surface area contributed by atoms with Crippen LogP contribution in [0.2, 0.25) is 5.02 Å². The minimum atomic E-state index is -2.37. The third-order valence-corrected chi connectivity index (χ3v) is 23.6. The summed E-state index contributed by atoms with van der Waals surface area (Å²) in [6, 6.07) is 4.02. The Morgan fingerprint density at radius 2 is 1.29 bits per heavy atom. The number of aromatic hydroxyl groups is 3. The first kappa shape index (κ1) is 86.6. The van der Waals surface area contributed by atoms with E-state index in [1.54, 1.807) is 14.1 Å². The van der Waals surface area contributed by atoms with Crippen molar-refractivity contribution in [2.45, 2.75) is 157 Å². The molecule has 0 spiro atoms. The summed E-state index contributed by atoms with van der Waals surface area (Å²) < 4.78 is 43.5. The molecule has 0 unspecified atom stereocenters. The quantitative estimate of drug-likeness (QED) is 0.0488. The summed E-state index contributed by atoms with van der Waals surface area (Å²) in [5.74, 6) is -12.4. The highest BCUT2D eigenvalue weighted by Crippen LogP contribution is 2.55. The number of nitrogens with one attached hydrogen (secondary N) is 13. The molecule has 7 heterocycles. The zero-order valence-corrected chi connectivity index (χ0v) is 68.0. The van der Waals surface area contributed by atoms with Gasteiger partial charge in [-0.25, -0.2) is 9.59 Å². The Morgan fingerprint density at radius 3 is 1.97 bits per heavy atom. The molecule has 2 saturated heterocycles. The van der Waals surface area contributed by atoms with Gasteiger partial charge in [0.2, 0.25) is 59.3 Å². The topological polar surface area (TPSA) is 533 Å². The van der Waals surface area contributed by atoms with E-state index in [1.807, 2.05) is 13.8 Å². The number of anilines is 1. The van der Waals surface area contributed by atoms with Crippen LogP contribution >= 0.6 is 11.6 Å². The van der Waals surface area contributed by atoms with E-state index in [0.717, 1.165) is 80.6 Å². The second kappa shape index (κ2) is 36.9. The van der Waals surface area contributed by atoms with Gasteiger partial charge in [0.05, 0.1) is 29.7 Å². The minimum Gasteiger partial charge on any atom is -0.508 e. The molecule has 6 fully saturated rings. The lowest BCUT2D eigenvalue weighted by atomic mass is 9.54. The summed E-state index contributed by atoms with van der Waals surface area (Å²) in [7, 11) is 4.92. The zero-order valence-electron chi connectivity index (χ0n) is 67.2. The molecule has 14 atom stereocenters. The molecule has 0 aromatic heterocycles. The van der Waals surface area contributed by atoms with Gasteiger partial charge in [-0.15, -0.1) is 0 Å². The Kier molecular flexibility index (Phi) is 26.2. The molecular formula is C84H98ClN13O24. The number of hydrogen-bond acceptors (Lipinski definition) is 27. The van der Waals surface area contributed by atoms with E-state index in [-0.39, 0.29) is 117 Å². The smallest absolute Gasteiger partial charge is 0.407 e. The fourth-order valence-corrected chi connectivity index (χ4v) is 17.7. The number of rotatable bonds is 20. The first-order valence-corrected chi connectivity index (χ1v) is 40.7. The van der Waals surface area contributed by atoms with Crippen molar-refractivity contribution < 1.29 is 117 Å². The van der Waals surface area contributed by atoms with Crippen LogP contribution in [0.25, 0.3) is 11.1 Å². The van der Waals surface area contributed by atoms with E-state index >= 15 is 28.8 Å². The average Bonchev–Trinajstić information content (AvgIpc) is 0.751. The van der Waals surface area contributed by atoms with Crippen LogP contribution in [-0.4, -0.2) is 210 Å². The average molecular weight is 1710 g/mol. The highest BCUT2D eigenvalue weighted by molar-refractivity contribution is 6.32. The van der Waals surface area contributed by atoms with Gasteiger partial charge >= 0.3 is 12.1 Å². The normalized spacial score (nSPS) is 27.3. The van der Waals surface area contributed by atoms with Crippen molar-refractivity contribution in [1.82, 2.24) is 63.8 Å². The predicted molar refractivity (Wildman–Crippen MR) is 432 cm³/mol.